The third-order valence-electron chi connectivity index (χ3n) is 14.2. The molecule has 0 aromatic rings. The standard InChI is InChI=1S/C36H54O14/c1-18-30(24(38)13-27(40)48-18)47-16-25-28(41)31(45-3)29(42)32(50-25)49-20-4-9-34(17-37)22-5-8-33(2)21(19-12-26(39)46-15-19)7-11-36(33,44)23(22)6-10-35(34,43)14-20/h12,17-18,20-25,27-32,38,40-44H,4-11,13-16H2,1-3H3/t18?,20-,21+,22?,23?,24?,25?,27-,28+,29?,30-,31?,32+,33+,34-,35-,36-/m0/s1. The zero-order chi connectivity index (χ0) is 35.8. The fraction of sp³-hybridized carbons (Fsp3) is 0.889. The average molecular weight is 711 g/mol. The molecule has 0 aromatic carbocycles. The molecule has 6 fully saturated rings. The number of esters is 1. The van der Waals surface area contributed by atoms with E-state index in [1.54, 1.807) is 13.0 Å². The average Bonchev–Trinajstić information content (AvgIpc) is 3.61. The van der Waals surface area contributed by atoms with E-state index in [4.69, 9.17) is 28.4 Å². The molecule has 2 saturated heterocycles. The number of aliphatic hydroxyl groups excluding tert-OH is 4. The van der Waals surface area contributed by atoms with Crippen LogP contribution in [0.1, 0.15) is 78.1 Å². The van der Waals surface area contributed by atoms with Crippen molar-refractivity contribution in [1.82, 2.24) is 0 Å². The van der Waals surface area contributed by atoms with Crippen molar-refractivity contribution in [2.75, 3.05) is 20.3 Å². The van der Waals surface area contributed by atoms with Crippen molar-refractivity contribution < 1.29 is 68.6 Å². The number of hydrogen-bond donors (Lipinski definition) is 6. The maximum atomic E-state index is 13.2. The largest absolute Gasteiger partial charge is 0.458 e. The first-order valence-electron chi connectivity index (χ1n) is 18.3. The van der Waals surface area contributed by atoms with Gasteiger partial charge in [-0.2, -0.15) is 0 Å². The summed E-state index contributed by atoms with van der Waals surface area (Å²) in [5, 5.41) is 67.2. The Kier molecular flexibility index (Phi) is 9.84. The summed E-state index contributed by atoms with van der Waals surface area (Å²) in [4.78, 5) is 25.1. The number of aldehydes is 1. The second-order valence-corrected chi connectivity index (χ2v) is 16.4. The Hall–Kier alpha value is -1.56. The second-order valence-electron chi connectivity index (χ2n) is 16.4. The summed E-state index contributed by atoms with van der Waals surface area (Å²) in [5.74, 6) is -0.760. The third-order valence-corrected chi connectivity index (χ3v) is 14.2. The first-order chi connectivity index (χ1) is 23.7. The van der Waals surface area contributed by atoms with Crippen LogP contribution in [0.3, 0.4) is 0 Å². The van der Waals surface area contributed by atoms with E-state index in [9.17, 15) is 40.2 Å². The minimum atomic E-state index is -1.41. The fourth-order valence-corrected chi connectivity index (χ4v) is 11.5. The van der Waals surface area contributed by atoms with Crippen LogP contribution in [0.2, 0.25) is 0 Å². The van der Waals surface area contributed by atoms with E-state index < -0.39 is 83.4 Å². The van der Waals surface area contributed by atoms with Gasteiger partial charge in [-0.15, -0.1) is 0 Å². The molecule has 4 aliphatic carbocycles. The monoisotopic (exact) mass is 710 g/mol. The van der Waals surface area contributed by atoms with E-state index in [1.165, 1.54) is 7.11 Å². The summed E-state index contributed by atoms with van der Waals surface area (Å²) in [5.41, 5.74) is -3.09. The summed E-state index contributed by atoms with van der Waals surface area (Å²) < 4.78 is 34.3. The molecule has 0 amide bonds. The van der Waals surface area contributed by atoms with Crippen LogP contribution in [0.5, 0.6) is 0 Å². The first-order valence-corrected chi connectivity index (χ1v) is 18.3. The van der Waals surface area contributed by atoms with Gasteiger partial charge in [0.15, 0.2) is 12.6 Å². The van der Waals surface area contributed by atoms with Crippen molar-refractivity contribution in [3.63, 3.8) is 0 Å². The highest BCUT2D eigenvalue weighted by molar-refractivity contribution is 5.85. The van der Waals surface area contributed by atoms with Gasteiger partial charge in [0, 0.05) is 31.4 Å². The van der Waals surface area contributed by atoms with Crippen LogP contribution in [0.4, 0.5) is 0 Å². The van der Waals surface area contributed by atoms with Gasteiger partial charge in [0.1, 0.15) is 43.4 Å². The Balaban J connectivity index is 1.04. The van der Waals surface area contributed by atoms with Crippen LogP contribution in [0.15, 0.2) is 11.6 Å². The number of aliphatic hydroxyl groups is 6. The number of methoxy groups -OCH3 is 1. The van der Waals surface area contributed by atoms with Crippen LogP contribution in [0, 0.1) is 28.6 Å². The molecule has 6 N–H and O–H groups in total. The lowest BCUT2D eigenvalue weighted by atomic mass is 9.41. The van der Waals surface area contributed by atoms with Gasteiger partial charge in [-0.1, -0.05) is 6.92 Å². The van der Waals surface area contributed by atoms with E-state index in [0.717, 1.165) is 18.3 Å². The zero-order valence-electron chi connectivity index (χ0n) is 29.1. The van der Waals surface area contributed by atoms with Crippen LogP contribution in [-0.4, -0.2) is 136 Å². The Morgan fingerprint density at radius 3 is 2.40 bits per heavy atom. The van der Waals surface area contributed by atoms with E-state index >= 15 is 0 Å². The van der Waals surface area contributed by atoms with E-state index in [-0.39, 0.29) is 49.8 Å². The SMILES string of the molecule is COC1C(O)[C@H](O[C@H]2CC[C@]3(C=O)C4CC[C@]5(C)[C@@H](C6=CC(=O)OC6)CC[C@]5(O)C4CC[C@]3(O)C2)OC(CO[C@@H]2C(O)C[C@@H](O)OC2C)[C@H]1O. The molecule has 14 nitrogen and oxygen atoms in total. The summed E-state index contributed by atoms with van der Waals surface area (Å²) in [6.07, 6.45) is -3.36. The number of hydrogen-bond acceptors (Lipinski definition) is 14. The zero-order valence-corrected chi connectivity index (χ0v) is 29.1. The van der Waals surface area contributed by atoms with Crippen molar-refractivity contribution in [2.45, 2.75) is 151 Å². The van der Waals surface area contributed by atoms with Gasteiger partial charge >= 0.3 is 5.97 Å². The molecule has 50 heavy (non-hydrogen) atoms. The molecule has 3 heterocycles. The van der Waals surface area contributed by atoms with Crippen LogP contribution in [-0.2, 0) is 38.0 Å². The molecule has 14 heteroatoms. The summed E-state index contributed by atoms with van der Waals surface area (Å²) in [6, 6.07) is 0. The third kappa shape index (κ3) is 5.64. The minimum Gasteiger partial charge on any atom is -0.458 e. The fourth-order valence-electron chi connectivity index (χ4n) is 11.5. The second kappa shape index (κ2) is 13.4. The number of fused-ring (bicyclic) bond motifs is 5. The number of cyclic esters (lactones) is 1. The van der Waals surface area contributed by atoms with Crippen molar-refractivity contribution in [3.8, 4) is 0 Å². The highest BCUT2D eigenvalue weighted by Crippen LogP contribution is 2.70. The number of rotatable bonds is 8. The van der Waals surface area contributed by atoms with Crippen molar-refractivity contribution in [3.05, 3.63) is 11.6 Å². The van der Waals surface area contributed by atoms with Crippen molar-refractivity contribution in [1.29, 1.82) is 0 Å². The molecule has 3 aliphatic heterocycles. The van der Waals surface area contributed by atoms with E-state index in [0.29, 0.717) is 44.9 Å². The quantitative estimate of drug-likeness (QED) is 0.113. The summed E-state index contributed by atoms with van der Waals surface area (Å²) in [6.45, 7) is 3.83. The molecule has 7 rings (SSSR count). The van der Waals surface area contributed by atoms with Gasteiger partial charge < -0.3 is 63.9 Å². The normalized spacial score (nSPS) is 53.5. The van der Waals surface area contributed by atoms with E-state index in [1.807, 2.05) is 0 Å². The molecule has 7 aliphatic rings. The van der Waals surface area contributed by atoms with Gasteiger partial charge in [-0.3, -0.25) is 0 Å². The molecule has 282 valence electrons. The topological polar surface area (TPSA) is 211 Å². The molecule has 0 spiro atoms. The highest BCUT2D eigenvalue weighted by Gasteiger charge is 2.71. The lowest BCUT2D eigenvalue weighted by Gasteiger charge is -2.65. The lowest BCUT2D eigenvalue weighted by Crippen LogP contribution is -2.69. The minimum absolute atomic E-state index is 0.0139. The van der Waals surface area contributed by atoms with Gasteiger partial charge in [0.25, 0.3) is 0 Å². The van der Waals surface area contributed by atoms with Gasteiger partial charge in [0.05, 0.1) is 41.5 Å². The van der Waals surface area contributed by atoms with Crippen molar-refractivity contribution >= 4 is 12.3 Å². The molecule has 0 bridgehead atoms. The molecule has 4 saturated carbocycles. The Morgan fingerprint density at radius 1 is 0.960 bits per heavy atom. The van der Waals surface area contributed by atoms with Crippen LogP contribution < -0.4 is 0 Å². The lowest BCUT2D eigenvalue weighted by molar-refractivity contribution is -0.330. The summed E-state index contributed by atoms with van der Waals surface area (Å²) in [7, 11) is 1.35. The molecule has 0 radical (unpaired) electrons. The van der Waals surface area contributed by atoms with Crippen LogP contribution in [0.25, 0.3) is 0 Å². The van der Waals surface area contributed by atoms with E-state index in [2.05, 4.69) is 6.92 Å². The summed E-state index contributed by atoms with van der Waals surface area (Å²) >= 11 is 0. The number of carbonyl (C=O) groups is 2. The highest BCUT2D eigenvalue weighted by atomic mass is 16.7. The Bertz CT molecular complexity index is 1320. The predicted octanol–water partition coefficient (Wildman–Crippen LogP) is 0.258. The van der Waals surface area contributed by atoms with Crippen LogP contribution >= 0.6 is 0 Å². The molecular formula is C36H54O14. The van der Waals surface area contributed by atoms with Crippen molar-refractivity contribution in [2.24, 2.45) is 28.6 Å². The Morgan fingerprint density at radius 2 is 1.72 bits per heavy atom. The molecule has 0 aromatic heterocycles. The van der Waals surface area contributed by atoms with Gasteiger partial charge in [-0.25, -0.2) is 4.79 Å². The Labute approximate surface area is 292 Å². The molecule has 7 unspecified atom stereocenters. The maximum absolute atomic E-state index is 13.2. The predicted molar refractivity (Wildman–Crippen MR) is 171 cm³/mol. The maximum Gasteiger partial charge on any atom is 0.331 e. The van der Waals surface area contributed by atoms with Gasteiger partial charge in [-0.05, 0) is 81.6 Å². The number of carbonyl (C=O) groups excluding carboxylic acids is 2. The number of ether oxygens (including phenoxy) is 6. The smallest absolute Gasteiger partial charge is 0.331 e. The van der Waals surface area contributed by atoms with Gasteiger partial charge in [0.2, 0.25) is 0 Å². The molecular weight excluding hydrogens is 656 g/mol. The molecule has 17 atom stereocenters. The first kappa shape index (κ1) is 36.8.